The Bertz CT molecular complexity index is 927. The number of rotatable bonds is 4. The van der Waals surface area contributed by atoms with Crippen molar-refractivity contribution >= 4 is 17.6 Å². The molecule has 2 amide bonds. The van der Waals surface area contributed by atoms with Crippen LogP contribution < -0.4 is 4.90 Å². The molecule has 0 unspecified atom stereocenters. The van der Waals surface area contributed by atoms with Crippen LogP contribution in [0.1, 0.15) is 40.5 Å². The van der Waals surface area contributed by atoms with E-state index in [1.807, 2.05) is 55.1 Å². The summed E-state index contributed by atoms with van der Waals surface area (Å²) in [6.07, 6.45) is 2.87. The number of hydrogen-bond acceptors (Lipinski definition) is 5. The summed E-state index contributed by atoms with van der Waals surface area (Å²) in [7, 11) is 3.92. The van der Waals surface area contributed by atoms with E-state index in [4.69, 9.17) is 0 Å². The lowest BCUT2D eigenvalue weighted by atomic mass is 10.0. The summed E-state index contributed by atoms with van der Waals surface area (Å²) in [5, 5.41) is 0. The summed E-state index contributed by atoms with van der Waals surface area (Å²) >= 11 is 0. The molecule has 2 aliphatic rings. The average molecular weight is 379 g/mol. The molecule has 1 atom stereocenters. The van der Waals surface area contributed by atoms with Crippen LogP contribution in [0.5, 0.6) is 0 Å². The number of anilines is 1. The monoisotopic (exact) mass is 379 g/mol. The van der Waals surface area contributed by atoms with E-state index < -0.39 is 6.04 Å². The van der Waals surface area contributed by atoms with Crippen LogP contribution in [-0.2, 0) is 24.3 Å². The summed E-state index contributed by atoms with van der Waals surface area (Å²) in [6.45, 7) is 3.54. The van der Waals surface area contributed by atoms with Crippen LogP contribution in [0.3, 0.4) is 0 Å². The number of carbonyl (C=O) groups excluding carboxylic acids is 2. The molecule has 28 heavy (non-hydrogen) atoms. The molecule has 3 heterocycles. The maximum Gasteiger partial charge on any atom is 0.255 e. The Hall–Kier alpha value is -2.96. The molecule has 0 N–H and O–H groups in total. The third-order valence-corrected chi connectivity index (χ3v) is 5.62. The highest BCUT2D eigenvalue weighted by Gasteiger charge is 2.38. The normalized spacial score (nSPS) is 16.6. The van der Waals surface area contributed by atoms with E-state index in [1.165, 1.54) is 0 Å². The lowest BCUT2D eigenvalue weighted by molar-refractivity contribution is -0.137. The van der Waals surface area contributed by atoms with Crippen molar-refractivity contribution in [2.45, 2.75) is 38.9 Å². The second-order valence-electron chi connectivity index (χ2n) is 7.54. The van der Waals surface area contributed by atoms with Crippen molar-refractivity contribution < 1.29 is 9.59 Å². The predicted octanol–water partition coefficient (Wildman–Crippen LogP) is 1.86. The average Bonchev–Trinajstić information content (AvgIpc) is 3.04. The maximum atomic E-state index is 13.3. The van der Waals surface area contributed by atoms with Crippen LogP contribution in [0, 0.1) is 0 Å². The summed E-state index contributed by atoms with van der Waals surface area (Å²) in [6, 6.07) is 7.15. The highest BCUT2D eigenvalue weighted by Crippen LogP contribution is 2.28. The van der Waals surface area contributed by atoms with Crippen molar-refractivity contribution in [2.75, 3.05) is 25.5 Å². The van der Waals surface area contributed by atoms with Crippen LogP contribution in [-0.4, -0.2) is 58.3 Å². The molecule has 0 saturated carbocycles. The minimum Gasteiger partial charge on any atom is -0.362 e. The Kier molecular flexibility index (Phi) is 4.75. The van der Waals surface area contributed by atoms with Gasteiger partial charge in [-0.1, -0.05) is 25.1 Å². The zero-order valence-electron chi connectivity index (χ0n) is 16.6. The van der Waals surface area contributed by atoms with Gasteiger partial charge in [-0.15, -0.1) is 0 Å². The lowest BCUT2D eigenvalue weighted by Gasteiger charge is -2.35. The molecule has 4 rings (SSSR count). The Morgan fingerprint density at radius 1 is 1.21 bits per heavy atom. The Labute approximate surface area is 165 Å². The molecule has 2 aliphatic heterocycles. The van der Waals surface area contributed by atoms with Crippen LogP contribution >= 0.6 is 0 Å². The molecule has 1 aromatic heterocycles. The van der Waals surface area contributed by atoms with Gasteiger partial charge in [-0.25, -0.2) is 9.97 Å². The first-order chi connectivity index (χ1) is 13.5. The van der Waals surface area contributed by atoms with Gasteiger partial charge in [0.15, 0.2) is 0 Å². The molecule has 1 aromatic carbocycles. The summed E-state index contributed by atoms with van der Waals surface area (Å²) in [5.74, 6) is 0.860. The fourth-order valence-corrected chi connectivity index (χ4v) is 4.18. The molecule has 0 spiro atoms. The van der Waals surface area contributed by atoms with Crippen molar-refractivity contribution in [3.05, 3.63) is 53.0 Å². The summed E-state index contributed by atoms with van der Waals surface area (Å²) in [5.41, 5.74) is 3.70. The van der Waals surface area contributed by atoms with E-state index in [2.05, 4.69) is 9.97 Å². The van der Waals surface area contributed by atoms with Gasteiger partial charge in [0.1, 0.15) is 18.2 Å². The molecule has 0 fully saturated rings. The van der Waals surface area contributed by atoms with E-state index in [1.54, 1.807) is 11.2 Å². The van der Waals surface area contributed by atoms with Crippen molar-refractivity contribution in [3.8, 4) is 0 Å². The zero-order valence-corrected chi connectivity index (χ0v) is 16.6. The van der Waals surface area contributed by atoms with Crippen LogP contribution in [0.2, 0.25) is 0 Å². The minimum absolute atomic E-state index is 0.000628. The molecule has 0 radical (unpaired) electrons. The van der Waals surface area contributed by atoms with Gasteiger partial charge < -0.3 is 14.7 Å². The maximum absolute atomic E-state index is 13.3. The van der Waals surface area contributed by atoms with Gasteiger partial charge in [0.05, 0.1) is 12.2 Å². The molecule has 0 saturated heterocycles. The third kappa shape index (κ3) is 3.00. The van der Waals surface area contributed by atoms with Gasteiger partial charge in [0, 0.05) is 38.3 Å². The topological polar surface area (TPSA) is 69.6 Å². The summed E-state index contributed by atoms with van der Waals surface area (Å²) in [4.78, 5) is 40.5. The van der Waals surface area contributed by atoms with Crippen molar-refractivity contribution in [2.24, 2.45) is 0 Å². The SMILES string of the molecule is CC[C@H](C(=O)N1CCc2c(ncnc2N(C)C)C1)N1Cc2ccccc2C1=O. The zero-order chi connectivity index (χ0) is 19.8. The predicted molar refractivity (Wildman–Crippen MR) is 106 cm³/mol. The first-order valence-corrected chi connectivity index (χ1v) is 9.69. The molecule has 146 valence electrons. The van der Waals surface area contributed by atoms with Gasteiger partial charge in [-0.3, -0.25) is 9.59 Å². The van der Waals surface area contributed by atoms with Crippen LogP contribution in [0.15, 0.2) is 30.6 Å². The summed E-state index contributed by atoms with van der Waals surface area (Å²) < 4.78 is 0. The van der Waals surface area contributed by atoms with Gasteiger partial charge in [0.2, 0.25) is 5.91 Å². The second kappa shape index (κ2) is 7.22. The largest absolute Gasteiger partial charge is 0.362 e. The Morgan fingerprint density at radius 2 is 2.00 bits per heavy atom. The number of fused-ring (bicyclic) bond motifs is 2. The molecule has 0 aliphatic carbocycles. The molecule has 0 bridgehead atoms. The van der Waals surface area contributed by atoms with Crippen LogP contribution in [0.4, 0.5) is 5.82 Å². The molecule has 7 heteroatoms. The number of benzene rings is 1. The fraction of sp³-hybridized carbons (Fsp3) is 0.429. The number of aromatic nitrogens is 2. The van der Waals surface area contributed by atoms with Gasteiger partial charge in [0.25, 0.3) is 5.91 Å². The van der Waals surface area contributed by atoms with Gasteiger partial charge >= 0.3 is 0 Å². The number of nitrogens with zero attached hydrogens (tertiary/aromatic N) is 5. The van der Waals surface area contributed by atoms with Crippen molar-refractivity contribution in [1.82, 2.24) is 19.8 Å². The van der Waals surface area contributed by atoms with E-state index in [-0.39, 0.29) is 11.8 Å². The highest BCUT2D eigenvalue weighted by molar-refractivity contribution is 6.01. The minimum atomic E-state index is -0.448. The van der Waals surface area contributed by atoms with Crippen molar-refractivity contribution in [1.29, 1.82) is 0 Å². The smallest absolute Gasteiger partial charge is 0.255 e. The van der Waals surface area contributed by atoms with Crippen molar-refractivity contribution in [3.63, 3.8) is 0 Å². The highest BCUT2D eigenvalue weighted by atomic mass is 16.2. The number of carbonyl (C=O) groups is 2. The third-order valence-electron chi connectivity index (χ3n) is 5.62. The molecule has 2 aromatic rings. The first-order valence-electron chi connectivity index (χ1n) is 9.69. The first kappa shape index (κ1) is 18.4. The lowest BCUT2D eigenvalue weighted by Crippen LogP contribution is -2.50. The van der Waals surface area contributed by atoms with Crippen LogP contribution in [0.25, 0.3) is 0 Å². The Balaban J connectivity index is 1.55. The van der Waals surface area contributed by atoms with E-state index in [0.29, 0.717) is 31.6 Å². The second-order valence-corrected chi connectivity index (χ2v) is 7.54. The van der Waals surface area contributed by atoms with E-state index in [0.717, 1.165) is 29.1 Å². The van der Waals surface area contributed by atoms with Gasteiger partial charge in [-0.2, -0.15) is 0 Å². The molecular weight excluding hydrogens is 354 g/mol. The van der Waals surface area contributed by atoms with E-state index in [9.17, 15) is 9.59 Å². The quantitative estimate of drug-likeness (QED) is 0.811. The van der Waals surface area contributed by atoms with Gasteiger partial charge in [-0.05, 0) is 24.5 Å². The standard InChI is InChI=1S/C21H25N5O2/c1-4-18(26-11-14-7-5-6-8-15(14)20(26)27)21(28)25-10-9-16-17(12-25)22-13-23-19(16)24(2)3/h5-8,13,18H,4,9-12H2,1-3H3/t18-/m1/s1. The number of amides is 2. The molecular formula is C21H25N5O2. The Morgan fingerprint density at radius 3 is 2.71 bits per heavy atom. The number of hydrogen-bond donors (Lipinski definition) is 0. The van der Waals surface area contributed by atoms with E-state index >= 15 is 0 Å². The fourth-order valence-electron chi connectivity index (χ4n) is 4.18. The molecule has 7 nitrogen and oxygen atoms in total.